The lowest BCUT2D eigenvalue weighted by Gasteiger charge is -2.36. The van der Waals surface area contributed by atoms with E-state index in [2.05, 4.69) is 31.2 Å². The lowest BCUT2D eigenvalue weighted by Crippen LogP contribution is -2.55. The molecular formula is C39H51N9O7. The fourth-order valence-electron chi connectivity index (χ4n) is 7.39. The summed E-state index contributed by atoms with van der Waals surface area (Å²) in [7, 11) is 0. The monoisotopic (exact) mass is 757 g/mol. The van der Waals surface area contributed by atoms with Crippen molar-refractivity contribution in [2.75, 3.05) is 41.7 Å². The maximum absolute atomic E-state index is 13.6. The molecular weight excluding hydrogens is 706 g/mol. The molecule has 294 valence electrons. The summed E-state index contributed by atoms with van der Waals surface area (Å²) in [5.41, 5.74) is 1.13. The second-order valence-corrected chi connectivity index (χ2v) is 16.7. The highest BCUT2D eigenvalue weighted by atomic mass is 16.6. The van der Waals surface area contributed by atoms with E-state index >= 15 is 0 Å². The molecule has 0 saturated carbocycles. The van der Waals surface area contributed by atoms with E-state index in [0.29, 0.717) is 49.7 Å². The third-order valence-electron chi connectivity index (χ3n) is 10.1. The molecule has 2 aromatic carbocycles. The van der Waals surface area contributed by atoms with E-state index in [1.54, 1.807) is 34.0 Å². The Labute approximate surface area is 320 Å². The average molecular weight is 758 g/mol. The highest BCUT2D eigenvalue weighted by Crippen LogP contribution is 2.35. The summed E-state index contributed by atoms with van der Waals surface area (Å²) >= 11 is 0. The largest absolute Gasteiger partial charge is 0.444 e. The van der Waals surface area contributed by atoms with Crippen molar-refractivity contribution >= 4 is 46.8 Å². The summed E-state index contributed by atoms with van der Waals surface area (Å²) in [6.07, 6.45) is 1.32. The first-order chi connectivity index (χ1) is 25.8. The minimum atomic E-state index is -1.00. The molecule has 2 atom stereocenters. The zero-order valence-corrected chi connectivity index (χ0v) is 32.5. The molecule has 3 aliphatic rings. The maximum Gasteiger partial charge on any atom is 0.410 e. The van der Waals surface area contributed by atoms with Crippen LogP contribution in [-0.2, 0) is 26.4 Å². The zero-order valence-electron chi connectivity index (χ0n) is 32.5. The number of carbonyl (C=O) groups excluding carboxylic acids is 5. The summed E-state index contributed by atoms with van der Waals surface area (Å²) < 4.78 is 7.23. The number of carbonyl (C=O) groups is 5. The number of nitrogens with one attached hydrogen (secondary N) is 3. The third-order valence-corrected chi connectivity index (χ3v) is 10.1. The fraction of sp³-hybridized carbons (Fsp3) is 0.513. The molecule has 1 aromatic heterocycles. The van der Waals surface area contributed by atoms with Crippen molar-refractivity contribution in [2.24, 2.45) is 5.41 Å². The molecule has 3 aliphatic heterocycles. The minimum absolute atomic E-state index is 0.144. The van der Waals surface area contributed by atoms with Crippen LogP contribution in [-0.4, -0.2) is 104 Å². The number of anilines is 3. The number of aliphatic hydroxyl groups excluding tert-OH is 1. The van der Waals surface area contributed by atoms with Gasteiger partial charge >= 0.3 is 6.09 Å². The number of rotatable bonds is 10. The lowest BCUT2D eigenvalue weighted by atomic mass is 9.79. The van der Waals surface area contributed by atoms with Crippen LogP contribution in [0.4, 0.5) is 21.9 Å². The van der Waals surface area contributed by atoms with Crippen LogP contribution in [0.15, 0.2) is 48.7 Å². The van der Waals surface area contributed by atoms with E-state index in [1.807, 2.05) is 72.7 Å². The van der Waals surface area contributed by atoms with E-state index in [0.717, 1.165) is 10.6 Å². The highest BCUT2D eigenvalue weighted by molar-refractivity contribution is 6.25. The molecule has 4 N–H and O–H groups in total. The second kappa shape index (κ2) is 15.0. The number of amides is 5. The molecule has 0 spiro atoms. The van der Waals surface area contributed by atoms with E-state index in [4.69, 9.17) is 4.74 Å². The van der Waals surface area contributed by atoms with Crippen LogP contribution in [0.3, 0.4) is 0 Å². The lowest BCUT2D eigenvalue weighted by molar-refractivity contribution is -0.131. The van der Waals surface area contributed by atoms with E-state index in [-0.39, 0.29) is 42.5 Å². The van der Waals surface area contributed by atoms with Gasteiger partial charge in [0.05, 0.1) is 29.4 Å². The zero-order chi connectivity index (χ0) is 39.9. The van der Waals surface area contributed by atoms with Gasteiger partial charge < -0.3 is 35.6 Å². The van der Waals surface area contributed by atoms with Crippen LogP contribution in [0.1, 0.15) is 94.1 Å². The average Bonchev–Trinajstić information content (AvgIpc) is 3.70. The van der Waals surface area contributed by atoms with Crippen molar-refractivity contribution in [3.8, 4) is 0 Å². The Balaban J connectivity index is 1.03. The van der Waals surface area contributed by atoms with Gasteiger partial charge in [0.1, 0.15) is 23.6 Å². The Morgan fingerprint density at radius 1 is 0.927 bits per heavy atom. The normalized spacial score (nSPS) is 19.3. The number of benzene rings is 2. The van der Waals surface area contributed by atoms with E-state index in [1.165, 1.54) is 0 Å². The topological polar surface area (TPSA) is 191 Å². The highest BCUT2D eigenvalue weighted by Gasteiger charge is 2.45. The van der Waals surface area contributed by atoms with Crippen molar-refractivity contribution in [3.05, 3.63) is 65.5 Å². The van der Waals surface area contributed by atoms with Gasteiger partial charge in [0.15, 0.2) is 0 Å². The second-order valence-electron chi connectivity index (χ2n) is 16.7. The van der Waals surface area contributed by atoms with Crippen LogP contribution in [0, 0.1) is 5.41 Å². The number of nitrogens with zero attached hydrogens (tertiary/aromatic N) is 6. The molecule has 4 heterocycles. The van der Waals surface area contributed by atoms with Gasteiger partial charge in [-0.05, 0) is 90.3 Å². The summed E-state index contributed by atoms with van der Waals surface area (Å²) in [6, 6.07) is 11.6. The van der Waals surface area contributed by atoms with Crippen LogP contribution in [0.5, 0.6) is 0 Å². The van der Waals surface area contributed by atoms with Crippen molar-refractivity contribution in [1.29, 1.82) is 0 Å². The SMILES string of the molecule is CC(C)(C)OC(=O)N1CCN(c2ccc(NC(=O)C(C)(C)CC(C)(C)n3cc(CNc4cccc5c4C(=O)N(C4CCC(O)NC4=O)C5=O)nn3)cc2)CC1. The number of hydrogen-bond acceptors (Lipinski definition) is 11. The summed E-state index contributed by atoms with van der Waals surface area (Å²) in [5.74, 6) is -1.84. The summed E-state index contributed by atoms with van der Waals surface area (Å²) in [6.45, 7) is 16.0. The molecule has 0 bridgehead atoms. The Hall–Kier alpha value is -5.51. The predicted octanol–water partition coefficient (Wildman–Crippen LogP) is 3.93. The number of aliphatic hydroxyl groups is 1. The van der Waals surface area contributed by atoms with Gasteiger partial charge in [-0.15, -0.1) is 5.10 Å². The van der Waals surface area contributed by atoms with Crippen LogP contribution >= 0.6 is 0 Å². The molecule has 2 saturated heterocycles. The summed E-state index contributed by atoms with van der Waals surface area (Å²) in [4.78, 5) is 70.2. The number of piperidine rings is 1. The molecule has 16 nitrogen and oxygen atoms in total. The standard InChI is InChI=1S/C39H51N9O7/c1-37(2,3)55-36(54)46-19-17-45(18-20-46)26-13-11-24(12-14-26)41-35(53)38(4,5)23-39(6,7)47-22-25(43-44-47)21-40-28-10-8-9-27-31(28)34(52)48(33(27)51)29-15-16-30(49)42-32(29)50/h8-14,22,29-30,40,49H,15-21,23H2,1-7H3,(H,41,53)(H,42,50). The number of imide groups is 1. The van der Waals surface area contributed by atoms with Crippen LogP contribution in [0.2, 0.25) is 0 Å². The Morgan fingerprint density at radius 3 is 2.27 bits per heavy atom. The number of fused-ring (bicyclic) bond motifs is 1. The maximum atomic E-state index is 13.6. The fourth-order valence-corrected chi connectivity index (χ4v) is 7.39. The number of ether oxygens (including phenoxy) is 1. The first-order valence-electron chi connectivity index (χ1n) is 18.6. The molecule has 0 aliphatic carbocycles. The predicted molar refractivity (Wildman–Crippen MR) is 204 cm³/mol. The summed E-state index contributed by atoms with van der Waals surface area (Å²) in [5, 5.41) is 27.1. The number of aromatic nitrogens is 3. The van der Waals surface area contributed by atoms with Crippen LogP contribution in [0.25, 0.3) is 0 Å². The smallest absolute Gasteiger partial charge is 0.410 e. The molecule has 55 heavy (non-hydrogen) atoms. The van der Waals surface area contributed by atoms with Crippen molar-refractivity contribution in [2.45, 2.75) is 97.7 Å². The number of piperazine rings is 1. The Morgan fingerprint density at radius 2 is 1.62 bits per heavy atom. The van der Waals surface area contributed by atoms with Gasteiger partial charge in [0.2, 0.25) is 11.8 Å². The van der Waals surface area contributed by atoms with Crippen molar-refractivity contribution in [3.63, 3.8) is 0 Å². The van der Waals surface area contributed by atoms with Gasteiger partial charge in [0.25, 0.3) is 11.8 Å². The minimum Gasteiger partial charge on any atom is -0.444 e. The molecule has 2 fully saturated rings. The quantitative estimate of drug-likeness (QED) is 0.219. The molecule has 2 unspecified atom stereocenters. The van der Waals surface area contributed by atoms with E-state index in [9.17, 15) is 29.1 Å². The van der Waals surface area contributed by atoms with Gasteiger partial charge in [0, 0.05) is 48.7 Å². The number of hydrogen-bond donors (Lipinski definition) is 4. The third kappa shape index (κ3) is 8.58. The molecule has 16 heteroatoms. The first-order valence-corrected chi connectivity index (χ1v) is 18.6. The van der Waals surface area contributed by atoms with Gasteiger partial charge in [-0.25, -0.2) is 9.48 Å². The molecule has 3 aromatic rings. The van der Waals surface area contributed by atoms with Crippen molar-refractivity contribution in [1.82, 2.24) is 30.1 Å². The first kappa shape index (κ1) is 39.2. The van der Waals surface area contributed by atoms with Gasteiger partial charge in [-0.1, -0.05) is 25.1 Å². The van der Waals surface area contributed by atoms with Gasteiger partial charge in [-0.3, -0.25) is 24.1 Å². The molecule has 0 radical (unpaired) electrons. The Bertz CT molecular complexity index is 1960. The van der Waals surface area contributed by atoms with Gasteiger partial charge in [-0.2, -0.15) is 0 Å². The Kier molecular flexibility index (Phi) is 10.7. The molecule has 5 amide bonds. The van der Waals surface area contributed by atoms with E-state index < -0.39 is 46.5 Å². The van der Waals surface area contributed by atoms with Crippen LogP contribution < -0.4 is 20.9 Å². The molecule has 6 rings (SSSR count). The van der Waals surface area contributed by atoms with Crippen molar-refractivity contribution < 1.29 is 33.8 Å².